The van der Waals surface area contributed by atoms with E-state index in [-0.39, 0.29) is 18.3 Å². The molecule has 0 bridgehead atoms. The molecule has 2 rings (SSSR count). The van der Waals surface area contributed by atoms with E-state index in [2.05, 4.69) is 5.32 Å². The van der Waals surface area contributed by atoms with Crippen LogP contribution in [0.15, 0.2) is 42.5 Å². The van der Waals surface area contributed by atoms with Crippen molar-refractivity contribution in [3.8, 4) is 5.75 Å². The zero-order chi connectivity index (χ0) is 19.1. The van der Waals surface area contributed by atoms with Gasteiger partial charge in [-0.25, -0.2) is 4.39 Å². The molecule has 0 aliphatic carbocycles. The molecule has 0 aliphatic rings. The average Bonchev–Trinajstić information content (AvgIpc) is 2.65. The summed E-state index contributed by atoms with van der Waals surface area (Å²) in [5, 5.41) is 12.0. The van der Waals surface area contributed by atoms with Crippen molar-refractivity contribution < 1.29 is 23.8 Å². The summed E-state index contributed by atoms with van der Waals surface area (Å²) in [7, 11) is 1.47. The minimum Gasteiger partial charge on any atom is -0.496 e. The molecule has 0 fully saturated rings. The Hall–Kier alpha value is -2.89. The maximum atomic E-state index is 12.9. The molecule has 6 heteroatoms. The van der Waals surface area contributed by atoms with Gasteiger partial charge < -0.3 is 15.2 Å². The summed E-state index contributed by atoms with van der Waals surface area (Å²) in [6.07, 6.45) is 0.849. The smallest absolute Gasteiger partial charge is 0.306 e. The second-order valence-corrected chi connectivity index (χ2v) is 5.99. The van der Waals surface area contributed by atoms with E-state index < -0.39 is 11.9 Å². The third kappa shape index (κ3) is 5.05. The Balaban J connectivity index is 2.14. The fraction of sp³-hybridized carbons (Fsp3) is 0.300. The number of nitrogens with one attached hydrogen (secondary N) is 1. The van der Waals surface area contributed by atoms with Crippen LogP contribution in [0.2, 0.25) is 0 Å². The first kappa shape index (κ1) is 19.4. The van der Waals surface area contributed by atoms with Crippen LogP contribution in [0.1, 0.15) is 34.8 Å². The van der Waals surface area contributed by atoms with Gasteiger partial charge in [-0.2, -0.15) is 0 Å². The quantitative estimate of drug-likeness (QED) is 0.757. The van der Waals surface area contributed by atoms with Gasteiger partial charge >= 0.3 is 5.97 Å². The lowest BCUT2D eigenvalue weighted by Gasteiger charge is -2.14. The number of ether oxygens (including phenoxy) is 1. The molecule has 2 N–H and O–H groups in total. The summed E-state index contributed by atoms with van der Waals surface area (Å²) >= 11 is 0. The van der Waals surface area contributed by atoms with Gasteiger partial charge in [-0.05, 0) is 48.2 Å². The summed E-state index contributed by atoms with van der Waals surface area (Å²) < 4.78 is 18.2. The number of methoxy groups -OCH3 is 1. The van der Waals surface area contributed by atoms with E-state index in [0.717, 1.165) is 11.1 Å². The molecule has 1 atom stereocenters. The lowest BCUT2D eigenvalue weighted by atomic mass is 9.95. The van der Waals surface area contributed by atoms with Crippen LogP contribution in [-0.4, -0.2) is 24.1 Å². The van der Waals surface area contributed by atoms with E-state index >= 15 is 0 Å². The summed E-state index contributed by atoms with van der Waals surface area (Å²) in [5.41, 5.74) is 1.87. The number of aliphatic carboxylic acids is 1. The number of benzene rings is 2. The highest BCUT2D eigenvalue weighted by atomic mass is 19.1. The van der Waals surface area contributed by atoms with Crippen LogP contribution in [0.5, 0.6) is 5.75 Å². The number of hydrogen-bond acceptors (Lipinski definition) is 3. The molecular weight excluding hydrogens is 337 g/mol. The lowest BCUT2D eigenvalue weighted by Crippen LogP contribution is -2.24. The van der Waals surface area contributed by atoms with Crippen molar-refractivity contribution in [1.29, 1.82) is 0 Å². The standard InChI is InChI=1S/C20H22FNO4/c1-3-15(20(24)25)10-14-6-9-18(26-2)17(11-14)19(23)22-12-13-4-7-16(21)8-5-13/h4-9,11,15H,3,10,12H2,1-2H3,(H,22,23)(H,24,25). The summed E-state index contributed by atoms with van der Waals surface area (Å²) in [4.78, 5) is 23.8. The van der Waals surface area contributed by atoms with Crippen molar-refractivity contribution in [1.82, 2.24) is 5.32 Å². The second-order valence-electron chi connectivity index (χ2n) is 5.99. The SMILES string of the molecule is CCC(Cc1ccc(OC)c(C(=O)NCc2ccc(F)cc2)c1)C(=O)O. The van der Waals surface area contributed by atoms with Crippen LogP contribution >= 0.6 is 0 Å². The minimum atomic E-state index is -0.856. The molecule has 0 aromatic heterocycles. The van der Waals surface area contributed by atoms with Crippen LogP contribution in [0.3, 0.4) is 0 Å². The molecular formula is C20H22FNO4. The Bertz CT molecular complexity index is 774. The molecule has 0 radical (unpaired) electrons. The highest BCUT2D eigenvalue weighted by molar-refractivity contribution is 5.97. The Labute approximate surface area is 151 Å². The van der Waals surface area contributed by atoms with Gasteiger partial charge in [0, 0.05) is 6.54 Å². The monoisotopic (exact) mass is 359 g/mol. The first-order chi connectivity index (χ1) is 12.4. The molecule has 0 saturated heterocycles. The normalized spacial score (nSPS) is 11.7. The van der Waals surface area contributed by atoms with Gasteiger partial charge in [0.2, 0.25) is 0 Å². The van der Waals surface area contributed by atoms with Gasteiger partial charge in [0.1, 0.15) is 11.6 Å². The fourth-order valence-corrected chi connectivity index (χ4v) is 2.63. The second kappa shape index (κ2) is 8.99. The number of halogens is 1. The molecule has 0 spiro atoms. The van der Waals surface area contributed by atoms with E-state index in [4.69, 9.17) is 4.74 Å². The van der Waals surface area contributed by atoms with Gasteiger partial charge in [-0.3, -0.25) is 9.59 Å². The molecule has 0 aliphatic heterocycles. The van der Waals surface area contributed by atoms with E-state index in [1.54, 1.807) is 30.3 Å². The molecule has 5 nitrogen and oxygen atoms in total. The van der Waals surface area contributed by atoms with Gasteiger partial charge in [-0.1, -0.05) is 25.1 Å². The number of carbonyl (C=O) groups is 2. The van der Waals surface area contributed by atoms with E-state index in [1.165, 1.54) is 19.2 Å². The van der Waals surface area contributed by atoms with Crippen LogP contribution in [0.25, 0.3) is 0 Å². The van der Waals surface area contributed by atoms with Crippen molar-refractivity contribution in [2.24, 2.45) is 5.92 Å². The first-order valence-electron chi connectivity index (χ1n) is 8.37. The number of carboxylic acids is 1. The number of carboxylic acid groups (broad SMARTS) is 1. The van der Waals surface area contributed by atoms with Gasteiger partial charge in [-0.15, -0.1) is 0 Å². The molecule has 2 aromatic rings. The van der Waals surface area contributed by atoms with Crippen molar-refractivity contribution >= 4 is 11.9 Å². The third-order valence-corrected chi connectivity index (χ3v) is 4.20. The van der Waals surface area contributed by atoms with E-state index in [0.29, 0.717) is 24.2 Å². The van der Waals surface area contributed by atoms with Crippen molar-refractivity contribution in [2.45, 2.75) is 26.3 Å². The average molecular weight is 359 g/mol. The molecule has 2 aromatic carbocycles. The van der Waals surface area contributed by atoms with Crippen LogP contribution in [0.4, 0.5) is 4.39 Å². The summed E-state index contributed by atoms with van der Waals surface area (Å²) in [6, 6.07) is 10.9. The Morgan fingerprint density at radius 2 is 1.81 bits per heavy atom. The van der Waals surface area contributed by atoms with Gasteiger partial charge in [0.15, 0.2) is 0 Å². The number of rotatable bonds is 8. The van der Waals surface area contributed by atoms with Crippen molar-refractivity contribution in [3.05, 3.63) is 65.0 Å². The van der Waals surface area contributed by atoms with Crippen LogP contribution in [0, 0.1) is 11.7 Å². The third-order valence-electron chi connectivity index (χ3n) is 4.20. The fourth-order valence-electron chi connectivity index (χ4n) is 2.63. The highest BCUT2D eigenvalue weighted by Crippen LogP contribution is 2.22. The zero-order valence-corrected chi connectivity index (χ0v) is 14.8. The largest absolute Gasteiger partial charge is 0.496 e. The molecule has 0 heterocycles. The number of carbonyl (C=O) groups excluding carboxylic acids is 1. The first-order valence-corrected chi connectivity index (χ1v) is 8.37. The molecule has 138 valence electrons. The van der Waals surface area contributed by atoms with Crippen molar-refractivity contribution in [3.63, 3.8) is 0 Å². The van der Waals surface area contributed by atoms with E-state index in [9.17, 15) is 19.1 Å². The predicted octanol–water partition coefficient (Wildman–Crippen LogP) is 3.42. The molecule has 0 saturated carbocycles. The minimum absolute atomic E-state index is 0.249. The van der Waals surface area contributed by atoms with E-state index in [1.807, 2.05) is 6.92 Å². The number of hydrogen-bond donors (Lipinski definition) is 2. The maximum Gasteiger partial charge on any atom is 0.306 e. The Morgan fingerprint density at radius 1 is 1.15 bits per heavy atom. The van der Waals surface area contributed by atoms with Gasteiger partial charge in [0.05, 0.1) is 18.6 Å². The molecule has 26 heavy (non-hydrogen) atoms. The van der Waals surface area contributed by atoms with Gasteiger partial charge in [0.25, 0.3) is 5.91 Å². The molecule has 1 amide bonds. The Kier molecular flexibility index (Phi) is 6.72. The lowest BCUT2D eigenvalue weighted by molar-refractivity contribution is -0.141. The van der Waals surface area contributed by atoms with Crippen LogP contribution < -0.4 is 10.1 Å². The Morgan fingerprint density at radius 3 is 2.38 bits per heavy atom. The maximum absolute atomic E-state index is 12.9. The number of amides is 1. The molecule has 1 unspecified atom stereocenters. The summed E-state index contributed by atoms with van der Waals surface area (Å²) in [5.74, 6) is -1.62. The highest BCUT2D eigenvalue weighted by Gasteiger charge is 2.18. The zero-order valence-electron chi connectivity index (χ0n) is 14.8. The van der Waals surface area contributed by atoms with Crippen LogP contribution in [-0.2, 0) is 17.8 Å². The summed E-state index contributed by atoms with van der Waals surface area (Å²) in [6.45, 7) is 2.07. The van der Waals surface area contributed by atoms with Crippen molar-refractivity contribution in [2.75, 3.05) is 7.11 Å². The predicted molar refractivity (Wildman–Crippen MR) is 95.7 cm³/mol. The topological polar surface area (TPSA) is 75.6 Å².